The molecule has 0 saturated carbocycles. The van der Waals surface area contributed by atoms with Gasteiger partial charge < -0.3 is 9.84 Å². The van der Waals surface area contributed by atoms with Gasteiger partial charge in [0.1, 0.15) is 11.5 Å². The van der Waals surface area contributed by atoms with Crippen LogP contribution < -0.4 is 4.74 Å². The van der Waals surface area contributed by atoms with E-state index in [-0.39, 0.29) is 23.4 Å². The summed E-state index contributed by atoms with van der Waals surface area (Å²) in [6.07, 6.45) is 0. The zero-order valence-corrected chi connectivity index (χ0v) is 12.1. The summed E-state index contributed by atoms with van der Waals surface area (Å²) in [5, 5.41) is 9.34. The van der Waals surface area contributed by atoms with Gasteiger partial charge in [-0.3, -0.25) is 0 Å². The maximum Gasteiger partial charge on any atom is 0.163 e. The van der Waals surface area contributed by atoms with Gasteiger partial charge in [-0.15, -0.1) is 12.4 Å². The SMILES string of the molecule is CC(C(O)=S)c1cccc(Oc2ccccc2)c1.Cl. The molecule has 1 unspecified atom stereocenters. The first-order valence-corrected chi connectivity index (χ1v) is 6.13. The molecule has 0 fully saturated rings. The second-order valence-corrected chi connectivity index (χ2v) is 4.47. The number of halogens is 1. The van der Waals surface area contributed by atoms with Crippen molar-refractivity contribution in [3.8, 4) is 11.5 Å². The fourth-order valence-electron chi connectivity index (χ4n) is 1.61. The van der Waals surface area contributed by atoms with Crippen LogP contribution in [0.25, 0.3) is 0 Å². The predicted molar refractivity (Wildman–Crippen MR) is 83.8 cm³/mol. The van der Waals surface area contributed by atoms with Crippen molar-refractivity contribution in [3.05, 3.63) is 60.2 Å². The van der Waals surface area contributed by atoms with Gasteiger partial charge >= 0.3 is 0 Å². The first-order valence-electron chi connectivity index (χ1n) is 5.72. The fourth-order valence-corrected chi connectivity index (χ4v) is 1.75. The van der Waals surface area contributed by atoms with Crippen molar-refractivity contribution >= 4 is 29.7 Å². The number of para-hydroxylation sites is 1. The van der Waals surface area contributed by atoms with Gasteiger partial charge in [-0.25, -0.2) is 0 Å². The average Bonchev–Trinajstić information content (AvgIpc) is 2.39. The maximum absolute atomic E-state index is 9.35. The molecular formula is C15H15ClO2S. The number of benzene rings is 2. The molecular weight excluding hydrogens is 280 g/mol. The van der Waals surface area contributed by atoms with Gasteiger partial charge in [0, 0.05) is 5.92 Å². The van der Waals surface area contributed by atoms with Gasteiger partial charge in [-0.05, 0) is 42.0 Å². The van der Waals surface area contributed by atoms with E-state index in [0.29, 0.717) is 0 Å². The van der Waals surface area contributed by atoms with Crippen LogP contribution in [-0.4, -0.2) is 10.2 Å². The van der Waals surface area contributed by atoms with Gasteiger partial charge in [0.25, 0.3) is 0 Å². The van der Waals surface area contributed by atoms with E-state index in [0.717, 1.165) is 17.1 Å². The summed E-state index contributed by atoms with van der Waals surface area (Å²) in [6, 6.07) is 17.2. The van der Waals surface area contributed by atoms with E-state index in [9.17, 15) is 5.11 Å². The van der Waals surface area contributed by atoms with Crippen LogP contribution in [0.4, 0.5) is 0 Å². The minimum Gasteiger partial charge on any atom is -0.502 e. The van der Waals surface area contributed by atoms with E-state index < -0.39 is 0 Å². The zero-order valence-electron chi connectivity index (χ0n) is 10.4. The molecule has 0 aliphatic rings. The Balaban J connectivity index is 0.00000180. The van der Waals surface area contributed by atoms with Crippen molar-refractivity contribution in [3.63, 3.8) is 0 Å². The number of thiocarbonyl (C=S) groups is 1. The van der Waals surface area contributed by atoms with Gasteiger partial charge in [0.15, 0.2) is 5.05 Å². The Bertz CT molecular complexity index is 543. The van der Waals surface area contributed by atoms with E-state index in [1.165, 1.54) is 0 Å². The Hall–Kier alpha value is -1.58. The number of hydrogen-bond acceptors (Lipinski definition) is 2. The van der Waals surface area contributed by atoms with Crippen LogP contribution in [0.2, 0.25) is 0 Å². The molecule has 0 heterocycles. The Morgan fingerprint density at radius 1 is 1.05 bits per heavy atom. The van der Waals surface area contributed by atoms with Gasteiger partial charge in [0.2, 0.25) is 0 Å². The van der Waals surface area contributed by atoms with Crippen LogP contribution >= 0.6 is 24.6 Å². The average molecular weight is 295 g/mol. The Morgan fingerprint density at radius 2 is 1.68 bits per heavy atom. The van der Waals surface area contributed by atoms with Crippen molar-refractivity contribution in [1.82, 2.24) is 0 Å². The minimum absolute atomic E-state index is 0. The van der Waals surface area contributed by atoms with Gasteiger partial charge in [0.05, 0.1) is 0 Å². The first-order chi connectivity index (χ1) is 8.66. The van der Waals surface area contributed by atoms with Gasteiger partial charge in [-0.1, -0.05) is 37.3 Å². The molecule has 2 rings (SSSR count). The molecule has 0 aliphatic heterocycles. The monoisotopic (exact) mass is 294 g/mol. The molecule has 2 aromatic carbocycles. The topological polar surface area (TPSA) is 29.5 Å². The zero-order chi connectivity index (χ0) is 13.0. The molecule has 100 valence electrons. The van der Waals surface area contributed by atoms with E-state index in [1.54, 1.807) is 0 Å². The predicted octanol–water partition coefficient (Wildman–Crippen LogP) is 4.89. The summed E-state index contributed by atoms with van der Waals surface area (Å²) < 4.78 is 5.72. The third kappa shape index (κ3) is 4.23. The molecule has 0 aliphatic carbocycles. The largest absolute Gasteiger partial charge is 0.502 e. The Labute approximate surface area is 124 Å². The number of hydrogen-bond donors (Lipinski definition) is 1. The first kappa shape index (κ1) is 15.5. The molecule has 19 heavy (non-hydrogen) atoms. The van der Waals surface area contributed by atoms with Gasteiger partial charge in [-0.2, -0.15) is 0 Å². The number of aliphatic hydroxyl groups excluding tert-OH is 1. The number of ether oxygens (including phenoxy) is 1. The molecule has 0 spiro atoms. The smallest absolute Gasteiger partial charge is 0.163 e. The van der Waals surface area contributed by atoms with Crippen molar-refractivity contribution in [2.24, 2.45) is 0 Å². The highest BCUT2D eigenvalue weighted by Gasteiger charge is 2.10. The standard InChI is InChI=1S/C15H14O2S.ClH/c1-11(15(16)18)12-6-5-9-14(10-12)17-13-7-3-2-4-8-13;/h2-11H,1H3,(H,16,18);1H. The van der Waals surface area contributed by atoms with Crippen LogP contribution in [-0.2, 0) is 0 Å². The molecule has 1 N–H and O–H groups in total. The molecule has 0 amide bonds. The summed E-state index contributed by atoms with van der Waals surface area (Å²) in [6.45, 7) is 1.87. The maximum atomic E-state index is 9.35. The van der Waals surface area contributed by atoms with E-state index in [2.05, 4.69) is 0 Å². The van der Waals surface area contributed by atoms with Crippen LogP contribution in [0.3, 0.4) is 0 Å². The van der Waals surface area contributed by atoms with Crippen molar-refractivity contribution in [1.29, 1.82) is 0 Å². The Kier molecular flexibility index (Phi) is 5.80. The lowest BCUT2D eigenvalue weighted by Gasteiger charge is -2.11. The highest BCUT2D eigenvalue weighted by Crippen LogP contribution is 2.25. The molecule has 4 heteroatoms. The normalized spacial score (nSPS) is 11.2. The molecule has 1 atom stereocenters. The second-order valence-electron chi connectivity index (χ2n) is 4.05. The summed E-state index contributed by atoms with van der Waals surface area (Å²) in [4.78, 5) is 0. The van der Waals surface area contributed by atoms with E-state index in [4.69, 9.17) is 17.0 Å². The molecule has 0 aromatic heterocycles. The van der Waals surface area contributed by atoms with Crippen molar-refractivity contribution < 1.29 is 9.84 Å². The molecule has 2 aromatic rings. The molecule has 0 saturated heterocycles. The molecule has 0 bridgehead atoms. The Morgan fingerprint density at radius 3 is 2.32 bits per heavy atom. The van der Waals surface area contributed by atoms with Crippen LogP contribution in [0.1, 0.15) is 18.4 Å². The summed E-state index contributed by atoms with van der Waals surface area (Å²) in [5.41, 5.74) is 0.941. The lowest BCUT2D eigenvalue weighted by molar-refractivity contribution is 0.481. The van der Waals surface area contributed by atoms with Crippen LogP contribution in [0.5, 0.6) is 11.5 Å². The molecule has 0 radical (unpaired) electrons. The summed E-state index contributed by atoms with van der Waals surface area (Å²) in [5.74, 6) is 1.36. The van der Waals surface area contributed by atoms with E-state index >= 15 is 0 Å². The fraction of sp³-hybridized carbons (Fsp3) is 0.133. The van der Waals surface area contributed by atoms with Crippen molar-refractivity contribution in [2.45, 2.75) is 12.8 Å². The third-order valence-corrected chi connectivity index (χ3v) is 3.06. The minimum atomic E-state index is -0.167. The van der Waals surface area contributed by atoms with Crippen molar-refractivity contribution in [2.75, 3.05) is 0 Å². The lowest BCUT2D eigenvalue weighted by atomic mass is 10.0. The quantitative estimate of drug-likeness (QED) is 0.814. The lowest BCUT2D eigenvalue weighted by Crippen LogP contribution is -2.04. The number of aliphatic hydroxyl groups is 1. The number of rotatable bonds is 4. The van der Waals surface area contributed by atoms with Crippen LogP contribution in [0, 0.1) is 0 Å². The highest BCUT2D eigenvalue weighted by atomic mass is 35.5. The summed E-state index contributed by atoms with van der Waals surface area (Å²) >= 11 is 4.79. The van der Waals surface area contributed by atoms with E-state index in [1.807, 2.05) is 61.5 Å². The molecule has 2 nitrogen and oxygen atoms in total. The third-order valence-electron chi connectivity index (χ3n) is 2.71. The van der Waals surface area contributed by atoms with Crippen LogP contribution in [0.15, 0.2) is 54.6 Å². The summed E-state index contributed by atoms with van der Waals surface area (Å²) in [7, 11) is 0. The highest BCUT2D eigenvalue weighted by molar-refractivity contribution is 7.80. The second kappa shape index (κ2) is 7.12.